The van der Waals surface area contributed by atoms with E-state index in [1.807, 2.05) is 6.07 Å². The molecule has 1 heterocycles. The van der Waals surface area contributed by atoms with Gasteiger partial charge in [-0.1, -0.05) is 12.1 Å². The first-order valence-corrected chi connectivity index (χ1v) is 7.96. The van der Waals surface area contributed by atoms with E-state index in [4.69, 9.17) is 5.11 Å². The highest BCUT2D eigenvalue weighted by molar-refractivity contribution is 7.99. The van der Waals surface area contributed by atoms with E-state index in [-0.39, 0.29) is 23.5 Å². The van der Waals surface area contributed by atoms with Crippen LogP contribution in [0.4, 0.5) is 0 Å². The molecule has 0 spiro atoms. The second-order valence-electron chi connectivity index (χ2n) is 4.52. The summed E-state index contributed by atoms with van der Waals surface area (Å²) >= 11 is 1.66. The summed E-state index contributed by atoms with van der Waals surface area (Å²) < 4.78 is 0. The lowest BCUT2D eigenvalue weighted by atomic mass is 10.1. The van der Waals surface area contributed by atoms with Crippen LogP contribution in [0.3, 0.4) is 0 Å². The Morgan fingerprint density at radius 1 is 1.29 bits per heavy atom. The summed E-state index contributed by atoms with van der Waals surface area (Å²) in [7, 11) is 0. The fraction of sp³-hybridized carbons (Fsp3) is 0.333. The minimum Gasteiger partial charge on any atom is -0.396 e. The lowest BCUT2D eigenvalue weighted by molar-refractivity contribution is 0.0955. The number of hydrogen-bond acceptors (Lipinski definition) is 4. The van der Waals surface area contributed by atoms with Gasteiger partial charge in [-0.3, -0.25) is 9.59 Å². The van der Waals surface area contributed by atoms with Crippen LogP contribution in [-0.4, -0.2) is 40.7 Å². The van der Waals surface area contributed by atoms with Crippen molar-refractivity contribution in [2.24, 2.45) is 0 Å². The smallest absolute Gasteiger partial charge is 0.256 e. The molecule has 21 heavy (non-hydrogen) atoms. The van der Waals surface area contributed by atoms with Crippen LogP contribution < -0.4 is 10.7 Å². The predicted octanol–water partition coefficient (Wildman–Crippen LogP) is 1.37. The lowest BCUT2D eigenvalue weighted by Crippen LogP contribution is -2.30. The molecule has 0 atom stereocenters. The Morgan fingerprint density at radius 3 is 2.90 bits per heavy atom. The molecule has 6 heteroatoms. The quantitative estimate of drug-likeness (QED) is 0.675. The number of thioether (sulfide) groups is 1. The molecule has 0 aliphatic carbocycles. The van der Waals surface area contributed by atoms with Crippen LogP contribution in [0.1, 0.15) is 16.8 Å². The van der Waals surface area contributed by atoms with Crippen molar-refractivity contribution in [1.82, 2.24) is 10.3 Å². The van der Waals surface area contributed by atoms with Gasteiger partial charge in [0, 0.05) is 36.0 Å². The summed E-state index contributed by atoms with van der Waals surface area (Å²) in [5.74, 6) is 1.27. The highest BCUT2D eigenvalue weighted by atomic mass is 32.2. The molecule has 3 N–H and O–H groups in total. The van der Waals surface area contributed by atoms with Gasteiger partial charge in [0.1, 0.15) is 5.56 Å². The number of hydrogen-bond donors (Lipinski definition) is 3. The van der Waals surface area contributed by atoms with Gasteiger partial charge in [-0.05, 0) is 24.3 Å². The molecule has 112 valence electrons. The number of nitrogens with one attached hydrogen (secondary N) is 2. The second-order valence-corrected chi connectivity index (χ2v) is 5.75. The van der Waals surface area contributed by atoms with E-state index in [9.17, 15) is 9.59 Å². The molecular formula is C15H18N2O3S. The third-order valence-electron chi connectivity index (χ3n) is 3.01. The van der Waals surface area contributed by atoms with E-state index >= 15 is 0 Å². The van der Waals surface area contributed by atoms with Gasteiger partial charge >= 0.3 is 0 Å². The second kappa shape index (κ2) is 7.85. The molecule has 0 aliphatic heterocycles. The summed E-state index contributed by atoms with van der Waals surface area (Å²) in [6.45, 7) is 0.688. The Hall–Kier alpha value is -1.79. The van der Waals surface area contributed by atoms with E-state index in [1.54, 1.807) is 30.0 Å². The number of rotatable bonds is 7. The number of benzene rings is 1. The average Bonchev–Trinajstić information content (AvgIpc) is 2.51. The normalized spacial score (nSPS) is 10.7. The maximum Gasteiger partial charge on any atom is 0.256 e. The average molecular weight is 306 g/mol. The molecule has 0 aliphatic rings. The summed E-state index contributed by atoms with van der Waals surface area (Å²) in [4.78, 5) is 27.2. The van der Waals surface area contributed by atoms with Gasteiger partial charge in [0.05, 0.1) is 0 Å². The molecule has 1 amide bonds. The van der Waals surface area contributed by atoms with Crippen LogP contribution in [0, 0.1) is 0 Å². The first-order chi connectivity index (χ1) is 10.2. The number of H-pyrrole nitrogens is 1. The standard InChI is InChI=1S/C15H18N2O3S/c18-7-3-8-21-9-6-16-15(20)12-10-17-13-5-2-1-4-11(13)14(12)19/h1-2,4-5,10,18H,3,6-9H2,(H,16,20)(H,17,19). The maximum atomic E-state index is 12.2. The van der Waals surface area contributed by atoms with Crippen molar-refractivity contribution in [3.8, 4) is 0 Å². The van der Waals surface area contributed by atoms with Crippen molar-refractivity contribution in [3.05, 3.63) is 46.2 Å². The first-order valence-electron chi connectivity index (χ1n) is 6.81. The van der Waals surface area contributed by atoms with Gasteiger partial charge in [-0.2, -0.15) is 11.8 Å². The van der Waals surface area contributed by atoms with E-state index in [0.29, 0.717) is 11.9 Å². The summed E-state index contributed by atoms with van der Waals surface area (Å²) in [6, 6.07) is 7.12. The van der Waals surface area contributed by atoms with E-state index in [1.165, 1.54) is 6.20 Å². The molecule has 2 aromatic rings. The van der Waals surface area contributed by atoms with E-state index < -0.39 is 0 Å². The zero-order valence-corrected chi connectivity index (χ0v) is 12.4. The van der Waals surface area contributed by atoms with Crippen LogP contribution in [0.15, 0.2) is 35.3 Å². The monoisotopic (exact) mass is 306 g/mol. The molecule has 0 bridgehead atoms. The summed E-state index contributed by atoms with van der Waals surface area (Å²) in [5, 5.41) is 11.9. The maximum absolute atomic E-state index is 12.2. The molecule has 1 aromatic heterocycles. The molecule has 0 fully saturated rings. The first kappa shape index (κ1) is 15.6. The third kappa shape index (κ3) is 4.09. The van der Waals surface area contributed by atoms with Gasteiger partial charge in [0.25, 0.3) is 5.91 Å². The van der Waals surface area contributed by atoms with Crippen molar-refractivity contribution in [2.75, 3.05) is 24.7 Å². The SMILES string of the molecule is O=C(NCCSCCCO)c1c[nH]c2ccccc2c1=O. The van der Waals surface area contributed by atoms with E-state index in [2.05, 4.69) is 10.3 Å². The Bertz CT molecular complexity index is 669. The number of aliphatic hydroxyl groups is 1. The van der Waals surface area contributed by atoms with Crippen molar-refractivity contribution >= 4 is 28.6 Å². The number of fused-ring (bicyclic) bond motifs is 1. The minimum absolute atomic E-state index is 0.133. The van der Waals surface area contributed by atoms with Crippen LogP contribution in [0.2, 0.25) is 0 Å². The number of carbonyl (C=O) groups is 1. The van der Waals surface area contributed by atoms with Crippen LogP contribution in [-0.2, 0) is 0 Å². The Balaban J connectivity index is 1.97. The Labute approximate surface area is 126 Å². The third-order valence-corrected chi connectivity index (χ3v) is 4.08. The van der Waals surface area contributed by atoms with Gasteiger partial charge < -0.3 is 15.4 Å². The van der Waals surface area contributed by atoms with Gasteiger partial charge in [0.2, 0.25) is 5.43 Å². The molecule has 0 saturated heterocycles. The number of amides is 1. The number of para-hydroxylation sites is 1. The lowest BCUT2D eigenvalue weighted by Gasteiger charge is -2.05. The largest absolute Gasteiger partial charge is 0.396 e. The minimum atomic E-state index is -0.357. The van der Waals surface area contributed by atoms with Crippen molar-refractivity contribution in [2.45, 2.75) is 6.42 Å². The Kier molecular flexibility index (Phi) is 5.83. The van der Waals surface area contributed by atoms with Gasteiger partial charge in [0.15, 0.2) is 0 Å². The molecule has 0 unspecified atom stereocenters. The van der Waals surface area contributed by atoms with Crippen LogP contribution >= 0.6 is 11.8 Å². The molecule has 2 rings (SSSR count). The van der Waals surface area contributed by atoms with Gasteiger partial charge in [-0.15, -0.1) is 0 Å². The van der Waals surface area contributed by atoms with Crippen LogP contribution in [0.25, 0.3) is 10.9 Å². The van der Waals surface area contributed by atoms with Crippen LogP contribution in [0.5, 0.6) is 0 Å². The molecule has 0 saturated carbocycles. The fourth-order valence-electron chi connectivity index (χ4n) is 1.94. The Morgan fingerprint density at radius 2 is 2.10 bits per heavy atom. The number of pyridine rings is 1. The number of aromatic nitrogens is 1. The van der Waals surface area contributed by atoms with Gasteiger partial charge in [-0.25, -0.2) is 0 Å². The number of aromatic amines is 1. The molecule has 5 nitrogen and oxygen atoms in total. The molecule has 1 aromatic carbocycles. The molecule has 0 radical (unpaired) electrons. The highest BCUT2D eigenvalue weighted by Crippen LogP contribution is 2.07. The summed E-state index contributed by atoms with van der Waals surface area (Å²) in [5.41, 5.74) is 0.599. The van der Waals surface area contributed by atoms with Crippen molar-refractivity contribution in [1.29, 1.82) is 0 Å². The number of carbonyl (C=O) groups excluding carboxylic acids is 1. The zero-order valence-electron chi connectivity index (χ0n) is 11.6. The highest BCUT2D eigenvalue weighted by Gasteiger charge is 2.11. The topological polar surface area (TPSA) is 82.2 Å². The van der Waals surface area contributed by atoms with Crippen molar-refractivity contribution in [3.63, 3.8) is 0 Å². The fourth-order valence-corrected chi connectivity index (χ4v) is 2.72. The van der Waals surface area contributed by atoms with Crippen molar-refractivity contribution < 1.29 is 9.90 Å². The summed E-state index contributed by atoms with van der Waals surface area (Å²) in [6.07, 6.45) is 2.21. The van der Waals surface area contributed by atoms with E-state index in [0.717, 1.165) is 23.4 Å². The molecular weight excluding hydrogens is 288 g/mol. The zero-order chi connectivity index (χ0) is 15.1. The number of aliphatic hydroxyl groups excluding tert-OH is 1. The predicted molar refractivity (Wildman–Crippen MR) is 85.9 cm³/mol.